The number of halogens is 2. The molecule has 3 aliphatic rings. The van der Waals surface area contributed by atoms with Gasteiger partial charge in [0.25, 0.3) is 0 Å². The van der Waals surface area contributed by atoms with Crippen molar-refractivity contribution in [1.82, 2.24) is 9.88 Å². The van der Waals surface area contributed by atoms with Gasteiger partial charge in [0.15, 0.2) is 0 Å². The molecule has 5 nitrogen and oxygen atoms in total. The standard InChI is InChI=1S/C23H25F2N3O2/c1-13(26)4-7-20-18(10-15(24)12-27-20)21-3-2-8-28(21)22-11-17-14(9-19(22)25)5-6-16(17)23(29)30/h5-6,9-14,21H,2-4,7-8,26H2,1H3,(H,29,30)/p-1/t13-,14?,21?/m1/s1. The summed E-state index contributed by atoms with van der Waals surface area (Å²) in [5.41, 5.74) is 8.30. The van der Waals surface area contributed by atoms with E-state index in [9.17, 15) is 14.3 Å². The summed E-state index contributed by atoms with van der Waals surface area (Å²) >= 11 is 0. The Morgan fingerprint density at radius 3 is 2.97 bits per heavy atom. The van der Waals surface area contributed by atoms with Gasteiger partial charge in [-0.1, -0.05) is 12.2 Å². The van der Waals surface area contributed by atoms with E-state index in [0.717, 1.165) is 24.1 Å². The minimum atomic E-state index is -1.28. The minimum absolute atomic E-state index is 0.00685. The van der Waals surface area contributed by atoms with Gasteiger partial charge in [-0.3, -0.25) is 4.98 Å². The number of aryl methyl sites for hydroxylation is 1. The number of pyridine rings is 1. The topological polar surface area (TPSA) is 82.3 Å². The van der Waals surface area contributed by atoms with Crippen LogP contribution < -0.4 is 10.8 Å². The first-order valence-electron chi connectivity index (χ1n) is 10.2. The van der Waals surface area contributed by atoms with Crippen molar-refractivity contribution in [3.05, 3.63) is 76.3 Å². The van der Waals surface area contributed by atoms with Crippen molar-refractivity contribution in [2.75, 3.05) is 6.54 Å². The van der Waals surface area contributed by atoms with Crippen LogP contribution in [0.3, 0.4) is 0 Å². The smallest absolute Gasteiger partial charge is 0.143 e. The predicted molar refractivity (Wildman–Crippen MR) is 107 cm³/mol. The number of rotatable bonds is 6. The highest BCUT2D eigenvalue weighted by molar-refractivity contribution is 5.91. The number of hydrogen-bond donors (Lipinski definition) is 1. The Morgan fingerprint density at radius 1 is 1.43 bits per heavy atom. The molecule has 0 saturated carbocycles. The number of carboxylic acids is 1. The summed E-state index contributed by atoms with van der Waals surface area (Å²) in [6.07, 6.45) is 10.2. The predicted octanol–water partition coefficient (Wildman–Crippen LogP) is 2.62. The lowest BCUT2D eigenvalue weighted by atomic mass is 9.92. The number of carboxylic acid groups (broad SMARTS) is 1. The quantitative estimate of drug-likeness (QED) is 0.777. The van der Waals surface area contributed by atoms with E-state index in [1.54, 1.807) is 12.2 Å². The van der Waals surface area contributed by atoms with E-state index in [-0.39, 0.29) is 17.7 Å². The van der Waals surface area contributed by atoms with Gasteiger partial charge < -0.3 is 20.5 Å². The van der Waals surface area contributed by atoms with E-state index >= 15 is 4.39 Å². The largest absolute Gasteiger partial charge is 0.545 e. The Morgan fingerprint density at radius 2 is 2.23 bits per heavy atom. The number of carbonyl (C=O) groups excluding carboxylic acids is 1. The maximum atomic E-state index is 15.0. The molecular formula is C23H24F2N3O2-. The van der Waals surface area contributed by atoms with Crippen LogP contribution in [0, 0.1) is 11.7 Å². The van der Waals surface area contributed by atoms with Crippen molar-refractivity contribution in [2.45, 2.75) is 44.7 Å². The molecule has 0 amide bonds. The number of likely N-dealkylation sites (tertiary alicyclic amines) is 1. The number of carbonyl (C=O) groups is 1. The summed E-state index contributed by atoms with van der Waals surface area (Å²) < 4.78 is 29.1. The lowest BCUT2D eigenvalue weighted by Gasteiger charge is -2.32. The fourth-order valence-corrected chi connectivity index (χ4v) is 4.49. The van der Waals surface area contributed by atoms with Gasteiger partial charge in [-0.2, -0.15) is 0 Å². The molecule has 4 rings (SSSR count). The summed E-state index contributed by atoms with van der Waals surface area (Å²) in [5, 5.41) is 11.4. The average Bonchev–Trinajstić information content (AvgIpc) is 3.32. The summed E-state index contributed by atoms with van der Waals surface area (Å²) in [5.74, 6) is -2.51. The summed E-state index contributed by atoms with van der Waals surface area (Å²) in [6.45, 7) is 2.50. The van der Waals surface area contributed by atoms with Crippen LogP contribution in [-0.4, -0.2) is 28.4 Å². The number of aliphatic carboxylic acids is 1. The molecule has 0 aromatic carbocycles. The Bertz CT molecular complexity index is 994. The van der Waals surface area contributed by atoms with Crippen LogP contribution >= 0.6 is 0 Å². The summed E-state index contributed by atoms with van der Waals surface area (Å²) in [4.78, 5) is 17.6. The van der Waals surface area contributed by atoms with E-state index in [4.69, 9.17) is 5.73 Å². The molecule has 30 heavy (non-hydrogen) atoms. The van der Waals surface area contributed by atoms with Gasteiger partial charge >= 0.3 is 0 Å². The first kappa shape index (κ1) is 20.5. The van der Waals surface area contributed by atoms with Crippen molar-refractivity contribution in [3.8, 4) is 0 Å². The van der Waals surface area contributed by atoms with Crippen molar-refractivity contribution < 1.29 is 18.7 Å². The van der Waals surface area contributed by atoms with Gasteiger partial charge in [0.05, 0.1) is 23.9 Å². The second kappa shape index (κ2) is 8.14. The monoisotopic (exact) mass is 412 g/mol. The third-order valence-electron chi connectivity index (χ3n) is 5.95. The molecule has 1 aromatic rings. The highest BCUT2D eigenvalue weighted by Gasteiger charge is 2.34. The SMILES string of the molecule is C[C@@H](N)CCc1ncc(F)cc1C1CCCN1C1=CC2=C(C(=O)[O-])C=CC2C=C1F. The highest BCUT2D eigenvalue weighted by atomic mass is 19.1. The summed E-state index contributed by atoms with van der Waals surface area (Å²) in [6, 6.07) is 1.23. The molecule has 3 atom stereocenters. The van der Waals surface area contributed by atoms with Crippen LogP contribution in [0.15, 0.2) is 59.2 Å². The van der Waals surface area contributed by atoms with E-state index in [1.807, 2.05) is 11.8 Å². The van der Waals surface area contributed by atoms with Gasteiger partial charge in [-0.25, -0.2) is 8.78 Å². The zero-order chi connectivity index (χ0) is 21.4. The average molecular weight is 412 g/mol. The maximum absolute atomic E-state index is 15.0. The van der Waals surface area contributed by atoms with Crippen molar-refractivity contribution >= 4 is 5.97 Å². The number of allylic oxidation sites excluding steroid dienone is 5. The molecule has 0 radical (unpaired) electrons. The third-order valence-corrected chi connectivity index (χ3v) is 5.95. The fraction of sp³-hybridized carbons (Fsp3) is 0.391. The van der Waals surface area contributed by atoms with E-state index in [1.165, 1.54) is 24.4 Å². The Labute approximate surface area is 174 Å². The van der Waals surface area contributed by atoms with Crippen LogP contribution in [0.2, 0.25) is 0 Å². The molecule has 2 unspecified atom stereocenters. The van der Waals surface area contributed by atoms with Gasteiger partial charge in [0, 0.05) is 29.8 Å². The van der Waals surface area contributed by atoms with Crippen LogP contribution in [0.5, 0.6) is 0 Å². The molecule has 1 saturated heterocycles. The Kier molecular flexibility index (Phi) is 5.56. The molecule has 2 aliphatic carbocycles. The molecule has 1 aliphatic heterocycles. The Hall–Kier alpha value is -2.80. The lowest BCUT2D eigenvalue weighted by Crippen LogP contribution is -2.27. The maximum Gasteiger partial charge on any atom is 0.143 e. The lowest BCUT2D eigenvalue weighted by molar-refractivity contribution is -0.298. The molecule has 1 aromatic heterocycles. The van der Waals surface area contributed by atoms with Gasteiger partial charge in [-0.15, -0.1) is 0 Å². The first-order valence-corrected chi connectivity index (χ1v) is 10.2. The van der Waals surface area contributed by atoms with Gasteiger partial charge in [0.2, 0.25) is 0 Å². The second-order valence-corrected chi connectivity index (χ2v) is 8.14. The normalized spacial score (nSPS) is 24.1. The van der Waals surface area contributed by atoms with Crippen LogP contribution in [0.1, 0.15) is 43.5 Å². The van der Waals surface area contributed by atoms with Crippen molar-refractivity contribution in [2.24, 2.45) is 11.7 Å². The van der Waals surface area contributed by atoms with Crippen molar-refractivity contribution in [3.63, 3.8) is 0 Å². The first-order chi connectivity index (χ1) is 14.3. The molecule has 2 N–H and O–H groups in total. The minimum Gasteiger partial charge on any atom is -0.545 e. The van der Waals surface area contributed by atoms with Crippen LogP contribution in [0.25, 0.3) is 0 Å². The number of nitrogens with two attached hydrogens (primary N) is 1. The second-order valence-electron chi connectivity index (χ2n) is 8.14. The van der Waals surface area contributed by atoms with Crippen LogP contribution in [0.4, 0.5) is 8.78 Å². The third kappa shape index (κ3) is 3.81. The number of nitrogens with zero attached hydrogens (tertiary/aromatic N) is 2. The van der Waals surface area contributed by atoms with Crippen molar-refractivity contribution in [1.29, 1.82) is 0 Å². The van der Waals surface area contributed by atoms with Gasteiger partial charge in [-0.05, 0) is 62.0 Å². The van der Waals surface area contributed by atoms with Crippen LogP contribution in [-0.2, 0) is 11.2 Å². The summed E-state index contributed by atoms with van der Waals surface area (Å²) in [7, 11) is 0. The molecule has 1 fully saturated rings. The molecule has 7 heteroatoms. The van der Waals surface area contributed by atoms with Gasteiger partial charge in [0.1, 0.15) is 11.6 Å². The number of aromatic nitrogens is 1. The molecule has 0 bridgehead atoms. The molecular weight excluding hydrogens is 388 g/mol. The zero-order valence-corrected chi connectivity index (χ0v) is 16.8. The molecule has 0 spiro atoms. The molecule has 2 heterocycles. The van der Waals surface area contributed by atoms with E-state index < -0.39 is 23.5 Å². The van der Waals surface area contributed by atoms with E-state index in [2.05, 4.69) is 4.98 Å². The Balaban J connectivity index is 1.71. The molecule has 158 valence electrons. The zero-order valence-electron chi connectivity index (χ0n) is 16.8. The fourth-order valence-electron chi connectivity index (χ4n) is 4.49. The number of hydrogen-bond acceptors (Lipinski definition) is 5. The highest BCUT2D eigenvalue weighted by Crippen LogP contribution is 2.43. The number of fused-ring (bicyclic) bond motifs is 1. The van der Waals surface area contributed by atoms with E-state index in [0.29, 0.717) is 30.7 Å².